The Bertz CT molecular complexity index is 607. The highest BCUT2D eigenvalue weighted by atomic mass is 32.1. The van der Waals surface area contributed by atoms with Gasteiger partial charge in [0, 0.05) is 18.7 Å². The average molecular weight is 261 g/mol. The summed E-state index contributed by atoms with van der Waals surface area (Å²) in [5.41, 5.74) is 7.55. The van der Waals surface area contributed by atoms with Crippen LogP contribution in [0.15, 0.2) is 18.2 Å². The summed E-state index contributed by atoms with van der Waals surface area (Å²) in [6.07, 6.45) is 0.560. The molecular weight excluding hydrogens is 246 g/mol. The van der Waals surface area contributed by atoms with Crippen LogP contribution in [0.5, 0.6) is 0 Å². The van der Waals surface area contributed by atoms with Crippen LogP contribution < -0.4 is 10.6 Å². The summed E-state index contributed by atoms with van der Waals surface area (Å²) in [5, 5.41) is 1.05. The van der Waals surface area contributed by atoms with Gasteiger partial charge in [0.2, 0.25) is 5.91 Å². The smallest absolute Gasteiger partial charge is 0.227 e. The Balaban J connectivity index is 1.96. The first-order chi connectivity index (χ1) is 8.67. The number of aryl methyl sites for hydroxylation is 1. The Morgan fingerprint density at radius 1 is 1.56 bits per heavy atom. The van der Waals surface area contributed by atoms with Gasteiger partial charge in [-0.05, 0) is 37.6 Å². The molecule has 0 aliphatic carbocycles. The fourth-order valence-electron chi connectivity index (χ4n) is 2.39. The van der Waals surface area contributed by atoms with Gasteiger partial charge in [-0.2, -0.15) is 0 Å². The van der Waals surface area contributed by atoms with E-state index < -0.39 is 0 Å². The van der Waals surface area contributed by atoms with Gasteiger partial charge in [-0.15, -0.1) is 11.3 Å². The summed E-state index contributed by atoms with van der Waals surface area (Å²) >= 11 is 1.67. The zero-order valence-corrected chi connectivity index (χ0v) is 11.0. The first kappa shape index (κ1) is 11.6. The second-order valence-corrected chi connectivity index (χ2v) is 5.93. The lowest BCUT2D eigenvalue weighted by Crippen LogP contribution is -2.25. The molecule has 4 nitrogen and oxygen atoms in total. The lowest BCUT2D eigenvalue weighted by molar-refractivity contribution is -0.117. The molecule has 1 unspecified atom stereocenters. The minimum absolute atomic E-state index is 0.164. The van der Waals surface area contributed by atoms with Crippen LogP contribution in [0, 0.1) is 12.8 Å². The molecule has 0 saturated carbocycles. The van der Waals surface area contributed by atoms with E-state index in [1.165, 1.54) is 4.70 Å². The van der Waals surface area contributed by atoms with Crippen LogP contribution in [0.1, 0.15) is 11.4 Å². The maximum absolute atomic E-state index is 11.9. The van der Waals surface area contributed by atoms with Crippen LogP contribution in [0.2, 0.25) is 0 Å². The van der Waals surface area contributed by atoms with Crippen LogP contribution >= 0.6 is 11.3 Å². The van der Waals surface area contributed by atoms with Gasteiger partial charge >= 0.3 is 0 Å². The van der Waals surface area contributed by atoms with Crippen molar-refractivity contribution in [3.05, 3.63) is 23.2 Å². The lowest BCUT2D eigenvalue weighted by atomic mass is 10.1. The predicted molar refractivity (Wildman–Crippen MR) is 73.9 cm³/mol. The molecule has 1 atom stereocenters. The number of anilines is 1. The lowest BCUT2D eigenvalue weighted by Gasteiger charge is -2.16. The Morgan fingerprint density at radius 3 is 3.11 bits per heavy atom. The fourth-order valence-corrected chi connectivity index (χ4v) is 3.20. The molecule has 5 heteroatoms. The molecule has 0 spiro atoms. The number of amides is 1. The highest BCUT2D eigenvalue weighted by molar-refractivity contribution is 7.18. The van der Waals surface area contributed by atoms with E-state index in [4.69, 9.17) is 5.73 Å². The Kier molecular flexibility index (Phi) is 2.80. The predicted octanol–water partition coefficient (Wildman–Crippen LogP) is 1.92. The van der Waals surface area contributed by atoms with E-state index in [0.29, 0.717) is 13.0 Å². The molecule has 2 N–H and O–H groups in total. The number of nitrogens with two attached hydrogens (primary N) is 1. The van der Waals surface area contributed by atoms with Gasteiger partial charge in [0.25, 0.3) is 0 Å². The molecule has 1 aliphatic heterocycles. The standard InChI is InChI=1S/C13H15N3OS/c1-8-15-11-5-10(2-3-12(11)18-8)16-7-9(6-14)4-13(16)17/h2-3,5,9H,4,6-7,14H2,1H3. The summed E-state index contributed by atoms with van der Waals surface area (Å²) in [4.78, 5) is 18.2. The molecule has 0 bridgehead atoms. The minimum Gasteiger partial charge on any atom is -0.330 e. The zero-order chi connectivity index (χ0) is 12.7. The first-order valence-electron chi connectivity index (χ1n) is 6.05. The zero-order valence-electron chi connectivity index (χ0n) is 10.2. The summed E-state index contributed by atoms with van der Waals surface area (Å²) in [7, 11) is 0. The van der Waals surface area contributed by atoms with E-state index in [1.54, 1.807) is 11.3 Å². The van der Waals surface area contributed by atoms with Crippen molar-refractivity contribution < 1.29 is 4.79 Å². The number of fused-ring (bicyclic) bond motifs is 1. The molecule has 0 radical (unpaired) electrons. The van der Waals surface area contributed by atoms with E-state index in [9.17, 15) is 4.79 Å². The molecule has 1 fully saturated rings. The van der Waals surface area contributed by atoms with Crippen LogP contribution in [0.25, 0.3) is 10.2 Å². The molecule has 3 rings (SSSR count). The first-order valence-corrected chi connectivity index (χ1v) is 6.86. The van der Waals surface area contributed by atoms with Crippen molar-refractivity contribution in [3.63, 3.8) is 0 Å². The number of hydrogen-bond donors (Lipinski definition) is 1. The number of thiazole rings is 1. The molecule has 1 amide bonds. The van der Waals surface area contributed by atoms with Crippen molar-refractivity contribution in [2.75, 3.05) is 18.0 Å². The topological polar surface area (TPSA) is 59.2 Å². The number of carbonyl (C=O) groups excluding carboxylic acids is 1. The molecule has 1 aliphatic rings. The molecule has 94 valence electrons. The number of benzene rings is 1. The molecule has 2 heterocycles. The SMILES string of the molecule is Cc1nc2cc(N3CC(CN)CC3=O)ccc2s1. The minimum atomic E-state index is 0.164. The number of aromatic nitrogens is 1. The summed E-state index contributed by atoms with van der Waals surface area (Å²) in [6, 6.07) is 6.03. The van der Waals surface area contributed by atoms with Crippen LogP contribution in [-0.2, 0) is 4.79 Å². The van der Waals surface area contributed by atoms with Gasteiger partial charge in [-0.25, -0.2) is 4.98 Å². The fraction of sp³-hybridized carbons (Fsp3) is 0.385. The third kappa shape index (κ3) is 1.89. The van der Waals surface area contributed by atoms with Crippen molar-refractivity contribution >= 4 is 33.1 Å². The van der Waals surface area contributed by atoms with Crippen LogP contribution in [0.4, 0.5) is 5.69 Å². The molecule has 1 aromatic carbocycles. The quantitative estimate of drug-likeness (QED) is 0.898. The highest BCUT2D eigenvalue weighted by Gasteiger charge is 2.29. The third-order valence-electron chi connectivity index (χ3n) is 3.33. The van der Waals surface area contributed by atoms with Gasteiger partial charge < -0.3 is 10.6 Å². The normalized spacial score (nSPS) is 20.0. The van der Waals surface area contributed by atoms with Gasteiger partial charge in [0.05, 0.1) is 15.2 Å². The highest BCUT2D eigenvalue weighted by Crippen LogP contribution is 2.29. The van der Waals surface area contributed by atoms with E-state index in [-0.39, 0.29) is 11.8 Å². The van der Waals surface area contributed by atoms with Crippen molar-refractivity contribution in [2.24, 2.45) is 11.7 Å². The maximum Gasteiger partial charge on any atom is 0.227 e. The van der Waals surface area contributed by atoms with Crippen molar-refractivity contribution in [1.82, 2.24) is 4.98 Å². The van der Waals surface area contributed by atoms with Crippen LogP contribution in [0.3, 0.4) is 0 Å². The Labute approximate surface area is 109 Å². The maximum atomic E-state index is 11.9. The van der Waals surface area contributed by atoms with Gasteiger partial charge in [-0.3, -0.25) is 4.79 Å². The Hall–Kier alpha value is -1.46. The summed E-state index contributed by atoms with van der Waals surface area (Å²) < 4.78 is 1.17. The number of rotatable bonds is 2. The number of carbonyl (C=O) groups is 1. The summed E-state index contributed by atoms with van der Waals surface area (Å²) in [6.45, 7) is 3.29. The van der Waals surface area contributed by atoms with Gasteiger partial charge in [0.1, 0.15) is 0 Å². The average Bonchev–Trinajstić information content (AvgIpc) is 2.89. The number of hydrogen-bond acceptors (Lipinski definition) is 4. The van der Waals surface area contributed by atoms with E-state index in [0.717, 1.165) is 22.8 Å². The van der Waals surface area contributed by atoms with Crippen molar-refractivity contribution in [3.8, 4) is 0 Å². The molecule has 1 aromatic heterocycles. The van der Waals surface area contributed by atoms with Crippen molar-refractivity contribution in [2.45, 2.75) is 13.3 Å². The number of nitrogens with zero attached hydrogens (tertiary/aromatic N) is 2. The largest absolute Gasteiger partial charge is 0.330 e. The van der Waals surface area contributed by atoms with E-state index in [1.807, 2.05) is 30.0 Å². The van der Waals surface area contributed by atoms with Gasteiger partial charge in [0.15, 0.2) is 0 Å². The second kappa shape index (κ2) is 4.33. The third-order valence-corrected chi connectivity index (χ3v) is 4.28. The monoisotopic (exact) mass is 261 g/mol. The van der Waals surface area contributed by atoms with Crippen molar-refractivity contribution in [1.29, 1.82) is 0 Å². The molecule has 18 heavy (non-hydrogen) atoms. The summed E-state index contributed by atoms with van der Waals surface area (Å²) in [5.74, 6) is 0.446. The van der Waals surface area contributed by atoms with Crippen LogP contribution in [-0.4, -0.2) is 24.0 Å². The Morgan fingerprint density at radius 2 is 2.39 bits per heavy atom. The van der Waals surface area contributed by atoms with E-state index in [2.05, 4.69) is 4.98 Å². The molecular formula is C13H15N3OS. The van der Waals surface area contributed by atoms with Gasteiger partial charge in [-0.1, -0.05) is 0 Å². The van der Waals surface area contributed by atoms with E-state index >= 15 is 0 Å². The molecule has 2 aromatic rings. The molecule has 1 saturated heterocycles. The second-order valence-electron chi connectivity index (χ2n) is 4.70.